The third kappa shape index (κ3) is 2.19. The van der Waals surface area contributed by atoms with Crippen LogP contribution in [0.4, 0.5) is 0 Å². The number of aliphatic hydroxyl groups excluding tert-OH is 2. The molecule has 3 heteroatoms. The van der Waals surface area contributed by atoms with E-state index in [9.17, 15) is 10.2 Å². The fourth-order valence-corrected chi connectivity index (χ4v) is 6.88. The average Bonchev–Trinajstić information content (AvgIpc) is 2.46. The molecule has 4 aliphatic rings. The van der Waals surface area contributed by atoms with Gasteiger partial charge >= 0.3 is 0 Å². The summed E-state index contributed by atoms with van der Waals surface area (Å²) < 4.78 is 6.03. The molecule has 0 bridgehead atoms. The second-order valence-corrected chi connectivity index (χ2v) is 9.09. The van der Waals surface area contributed by atoms with Crippen molar-refractivity contribution in [2.45, 2.75) is 89.6 Å². The zero-order valence-corrected chi connectivity index (χ0v) is 14.1. The lowest BCUT2D eigenvalue weighted by Gasteiger charge is -2.62. The smallest absolute Gasteiger partial charge is 0.155 e. The molecule has 0 spiro atoms. The highest BCUT2D eigenvalue weighted by molar-refractivity contribution is 5.07. The molecule has 0 unspecified atom stereocenters. The van der Waals surface area contributed by atoms with Crippen LogP contribution in [0.2, 0.25) is 0 Å². The third-order valence-electron chi connectivity index (χ3n) is 8.10. The fourth-order valence-electron chi connectivity index (χ4n) is 6.88. The summed E-state index contributed by atoms with van der Waals surface area (Å²) >= 11 is 0. The van der Waals surface area contributed by atoms with E-state index in [0.717, 1.165) is 49.9 Å². The van der Waals surface area contributed by atoms with Crippen molar-refractivity contribution < 1.29 is 14.9 Å². The van der Waals surface area contributed by atoms with Gasteiger partial charge in [0, 0.05) is 0 Å². The van der Waals surface area contributed by atoms with E-state index in [1.807, 2.05) is 0 Å². The van der Waals surface area contributed by atoms with Crippen LogP contribution >= 0.6 is 0 Å². The van der Waals surface area contributed by atoms with E-state index in [2.05, 4.69) is 13.8 Å². The number of hydrogen-bond donors (Lipinski definition) is 2. The van der Waals surface area contributed by atoms with E-state index < -0.39 is 6.29 Å². The van der Waals surface area contributed by atoms with Gasteiger partial charge in [-0.1, -0.05) is 6.92 Å². The van der Waals surface area contributed by atoms with Gasteiger partial charge in [0.1, 0.15) is 0 Å². The van der Waals surface area contributed by atoms with Crippen molar-refractivity contribution >= 4 is 0 Å². The second-order valence-electron chi connectivity index (χ2n) is 9.09. The van der Waals surface area contributed by atoms with Crippen molar-refractivity contribution in [2.75, 3.05) is 0 Å². The molecule has 4 rings (SSSR count). The molecular weight excluding hydrogens is 276 g/mol. The van der Waals surface area contributed by atoms with Crippen LogP contribution in [0.3, 0.4) is 0 Å². The van der Waals surface area contributed by atoms with Gasteiger partial charge in [-0.25, -0.2) is 0 Å². The Hall–Kier alpha value is -0.120. The minimum atomic E-state index is -0.547. The lowest BCUT2D eigenvalue weighted by molar-refractivity contribution is -0.267. The molecule has 126 valence electrons. The highest BCUT2D eigenvalue weighted by atomic mass is 16.6. The van der Waals surface area contributed by atoms with Gasteiger partial charge in [0.25, 0.3) is 0 Å². The molecule has 1 heterocycles. The first-order valence-corrected chi connectivity index (χ1v) is 9.46. The molecule has 0 amide bonds. The number of hydrogen-bond acceptors (Lipinski definition) is 3. The molecule has 3 nitrogen and oxygen atoms in total. The summed E-state index contributed by atoms with van der Waals surface area (Å²) in [6.07, 6.45) is 9.48. The lowest BCUT2D eigenvalue weighted by Crippen LogP contribution is -2.59. The molecular formula is C19H32O3. The minimum absolute atomic E-state index is 0.0587. The number of rotatable bonds is 0. The largest absolute Gasteiger partial charge is 0.393 e. The maximum absolute atomic E-state index is 10.1. The number of aliphatic hydroxyl groups is 2. The Kier molecular flexibility index (Phi) is 3.63. The molecule has 0 aromatic heterocycles. The minimum Gasteiger partial charge on any atom is -0.393 e. The quantitative estimate of drug-likeness (QED) is 0.720. The van der Waals surface area contributed by atoms with Crippen molar-refractivity contribution in [2.24, 2.45) is 29.1 Å². The van der Waals surface area contributed by atoms with E-state index in [4.69, 9.17) is 4.74 Å². The summed E-state index contributed by atoms with van der Waals surface area (Å²) in [5.74, 6) is 2.91. The summed E-state index contributed by atoms with van der Waals surface area (Å²) in [5, 5.41) is 20.0. The molecule has 4 fully saturated rings. The average molecular weight is 308 g/mol. The highest BCUT2D eigenvalue weighted by Gasteiger charge is 2.58. The molecule has 3 aliphatic carbocycles. The summed E-state index contributed by atoms with van der Waals surface area (Å²) in [6.45, 7) is 4.76. The van der Waals surface area contributed by atoms with Crippen molar-refractivity contribution in [3.05, 3.63) is 0 Å². The van der Waals surface area contributed by atoms with Gasteiger partial charge in [-0.05, 0) is 93.8 Å². The molecule has 22 heavy (non-hydrogen) atoms. The van der Waals surface area contributed by atoms with E-state index in [-0.39, 0.29) is 11.7 Å². The molecule has 8 atom stereocenters. The molecule has 0 radical (unpaired) electrons. The zero-order valence-electron chi connectivity index (χ0n) is 14.1. The van der Waals surface area contributed by atoms with Crippen molar-refractivity contribution in [1.29, 1.82) is 0 Å². The van der Waals surface area contributed by atoms with Crippen LogP contribution in [0, 0.1) is 29.1 Å². The standard InChI is InChI=1S/C19H32O3/c1-18-9-7-13(20)11-12(18)3-4-14-15(18)8-10-19(2)16(14)5-6-17(21)22-19/h12-17,20-21H,3-11H2,1-2H3/t12-,13-,14+,15-,16-,17-,18-,19-/m0/s1. The molecule has 3 saturated carbocycles. The number of fused-ring (bicyclic) bond motifs is 5. The Morgan fingerprint density at radius 1 is 0.864 bits per heavy atom. The van der Waals surface area contributed by atoms with Gasteiger partial charge in [0.05, 0.1) is 11.7 Å². The normalized spacial score (nSPS) is 58.4. The fraction of sp³-hybridized carbons (Fsp3) is 1.00. The van der Waals surface area contributed by atoms with Crippen LogP contribution in [-0.4, -0.2) is 28.2 Å². The predicted molar refractivity (Wildman–Crippen MR) is 85.1 cm³/mol. The highest BCUT2D eigenvalue weighted by Crippen LogP contribution is 2.63. The van der Waals surface area contributed by atoms with Gasteiger partial charge in [0.2, 0.25) is 0 Å². The van der Waals surface area contributed by atoms with E-state index in [0.29, 0.717) is 11.3 Å². The Bertz CT molecular complexity index is 438. The maximum Gasteiger partial charge on any atom is 0.155 e. The molecule has 0 aromatic carbocycles. The van der Waals surface area contributed by atoms with E-state index >= 15 is 0 Å². The van der Waals surface area contributed by atoms with Crippen LogP contribution in [0.1, 0.15) is 71.6 Å². The molecule has 1 aliphatic heterocycles. The molecule has 1 saturated heterocycles. The SMILES string of the molecule is C[C@]12CC[C@H](O)C[C@@H]1CC[C@@H]1[C@@H]2CC[C@]2(C)O[C@H](O)CC[C@@H]12. The summed E-state index contributed by atoms with van der Waals surface area (Å²) in [5.41, 5.74) is 0.329. The maximum atomic E-state index is 10.1. The van der Waals surface area contributed by atoms with Crippen LogP contribution in [0.15, 0.2) is 0 Å². The van der Waals surface area contributed by atoms with E-state index in [1.54, 1.807) is 0 Å². The van der Waals surface area contributed by atoms with Gasteiger partial charge in [-0.2, -0.15) is 0 Å². The molecule has 0 aromatic rings. The monoisotopic (exact) mass is 308 g/mol. The van der Waals surface area contributed by atoms with Gasteiger partial charge < -0.3 is 14.9 Å². The van der Waals surface area contributed by atoms with Crippen LogP contribution < -0.4 is 0 Å². The van der Waals surface area contributed by atoms with Crippen LogP contribution in [-0.2, 0) is 4.74 Å². The lowest BCUT2D eigenvalue weighted by atomic mass is 9.46. The molecule has 2 N–H and O–H groups in total. The van der Waals surface area contributed by atoms with Crippen LogP contribution in [0.25, 0.3) is 0 Å². The van der Waals surface area contributed by atoms with Gasteiger partial charge in [0.15, 0.2) is 6.29 Å². The zero-order chi connectivity index (χ0) is 15.5. The Morgan fingerprint density at radius 2 is 1.68 bits per heavy atom. The first-order chi connectivity index (χ1) is 10.4. The number of ether oxygens (including phenoxy) is 1. The Balaban J connectivity index is 1.60. The summed E-state index contributed by atoms with van der Waals surface area (Å²) in [6, 6.07) is 0. The third-order valence-corrected chi connectivity index (χ3v) is 8.10. The predicted octanol–water partition coefficient (Wildman–Crippen LogP) is 3.48. The van der Waals surface area contributed by atoms with Crippen LogP contribution in [0.5, 0.6) is 0 Å². The first kappa shape index (κ1) is 15.4. The Morgan fingerprint density at radius 3 is 2.50 bits per heavy atom. The second kappa shape index (κ2) is 5.19. The van der Waals surface area contributed by atoms with Crippen molar-refractivity contribution in [3.8, 4) is 0 Å². The van der Waals surface area contributed by atoms with Crippen molar-refractivity contribution in [3.63, 3.8) is 0 Å². The van der Waals surface area contributed by atoms with Gasteiger partial charge in [-0.3, -0.25) is 0 Å². The van der Waals surface area contributed by atoms with E-state index in [1.165, 1.54) is 25.7 Å². The topological polar surface area (TPSA) is 49.7 Å². The van der Waals surface area contributed by atoms with Crippen molar-refractivity contribution in [1.82, 2.24) is 0 Å². The summed E-state index contributed by atoms with van der Waals surface area (Å²) in [4.78, 5) is 0. The summed E-state index contributed by atoms with van der Waals surface area (Å²) in [7, 11) is 0. The Labute approximate surface area is 134 Å². The van der Waals surface area contributed by atoms with Gasteiger partial charge in [-0.15, -0.1) is 0 Å². The first-order valence-electron chi connectivity index (χ1n) is 9.46.